The molecular weight excluding hydrogens is 348 g/mol. The average Bonchev–Trinajstić information content (AvgIpc) is 2.90. The van der Waals surface area contributed by atoms with Crippen molar-refractivity contribution in [2.75, 3.05) is 13.9 Å². The van der Waals surface area contributed by atoms with Gasteiger partial charge in [0.2, 0.25) is 0 Å². The van der Waals surface area contributed by atoms with Gasteiger partial charge in [-0.25, -0.2) is 4.79 Å². The molecule has 6 heteroatoms. The maximum Gasteiger partial charge on any atom is 0.330 e. The van der Waals surface area contributed by atoms with Crippen molar-refractivity contribution < 1.29 is 28.5 Å². The molecule has 0 saturated carbocycles. The molecule has 4 atom stereocenters. The highest BCUT2D eigenvalue weighted by Crippen LogP contribution is 2.32. The second-order valence-corrected chi connectivity index (χ2v) is 7.95. The van der Waals surface area contributed by atoms with E-state index in [4.69, 9.17) is 23.7 Å². The van der Waals surface area contributed by atoms with Crippen LogP contribution in [0.4, 0.5) is 0 Å². The smallest absolute Gasteiger partial charge is 0.330 e. The Labute approximate surface area is 163 Å². The molecule has 0 spiro atoms. The van der Waals surface area contributed by atoms with Crippen LogP contribution >= 0.6 is 0 Å². The van der Waals surface area contributed by atoms with Gasteiger partial charge in [-0.05, 0) is 39.7 Å². The maximum atomic E-state index is 12.3. The van der Waals surface area contributed by atoms with Gasteiger partial charge in [-0.15, -0.1) is 0 Å². The van der Waals surface area contributed by atoms with Crippen LogP contribution in [0.5, 0.6) is 0 Å². The number of carbonyl (C=O) groups excluding carboxylic acids is 1. The Hall–Kier alpha value is -0.950. The van der Waals surface area contributed by atoms with Gasteiger partial charge in [-0.2, -0.15) is 0 Å². The van der Waals surface area contributed by atoms with E-state index >= 15 is 0 Å². The fraction of sp³-hybridized carbons (Fsp3) is 0.857. The summed E-state index contributed by atoms with van der Waals surface area (Å²) in [5, 5.41) is 0. The number of fused-ring (bicyclic) bond motifs is 1. The predicted octanol–water partition coefficient (Wildman–Crippen LogP) is 4.12. The number of hydrogen-bond donors (Lipinski definition) is 0. The molecule has 156 valence electrons. The van der Waals surface area contributed by atoms with E-state index in [0.717, 1.165) is 32.1 Å². The largest absolute Gasteiger partial charge is 0.457 e. The minimum absolute atomic E-state index is 0.0211. The zero-order valence-electron chi connectivity index (χ0n) is 17.3. The van der Waals surface area contributed by atoms with Crippen LogP contribution in [0.1, 0.15) is 72.1 Å². The van der Waals surface area contributed by atoms with Crippen LogP contribution < -0.4 is 0 Å². The average molecular weight is 385 g/mol. The molecule has 6 nitrogen and oxygen atoms in total. The highest BCUT2D eigenvalue weighted by molar-refractivity contribution is 5.82. The van der Waals surface area contributed by atoms with E-state index in [9.17, 15) is 4.79 Å². The van der Waals surface area contributed by atoms with Gasteiger partial charge < -0.3 is 23.7 Å². The summed E-state index contributed by atoms with van der Waals surface area (Å²) in [4.78, 5) is 12.3. The monoisotopic (exact) mass is 384 g/mol. The highest BCUT2D eigenvalue weighted by atomic mass is 16.7. The third kappa shape index (κ3) is 7.90. The molecular formula is C21H36O6. The van der Waals surface area contributed by atoms with Crippen molar-refractivity contribution in [3.63, 3.8) is 0 Å². The molecule has 2 rings (SSSR count). The first-order valence-corrected chi connectivity index (χ1v) is 10.3. The molecule has 0 N–H and O–H groups in total. The molecule has 0 aromatic carbocycles. The van der Waals surface area contributed by atoms with E-state index in [-0.39, 0.29) is 37.2 Å². The lowest BCUT2D eigenvalue weighted by Crippen LogP contribution is -2.31. The van der Waals surface area contributed by atoms with Gasteiger partial charge in [-0.1, -0.05) is 38.5 Å². The molecule has 0 radical (unpaired) electrons. The molecule has 2 aliphatic heterocycles. The lowest BCUT2D eigenvalue weighted by Gasteiger charge is -2.24. The van der Waals surface area contributed by atoms with Gasteiger partial charge in [-0.3, -0.25) is 0 Å². The van der Waals surface area contributed by atoms with Crippen molar-refractivity contribution in [1.29, 1.82) is 0 Å². The molecule has 2 heterocycles. The third-order valence-electron chi connectivity index (χ3n) is 5.10. The second-order valence-electron chi connectivity index (χ2n) is 7.95. The van der Waals surface area contributed by atoms with Gasteiger partial charge in [0.1, 0.15) is 19.0 Å². The first kappa shape index (κ1) is 22.3. The van der Waals surface area contributed by atoms with Gasteiger partial charge in [0.25, 0.3) is 0 Å². The molecule has 2 aliphatic rings. The standard InChI is InChI=1S/C21H36O6/c1-16-17(24-15-23-4)11-9-7-5-6-8-10-12-18-19(13-14-20(22)25-16)27-21(2,3)26-18/h13-14,16-19H,5-12,15H2,1-4H3/b14-13+/t16?,17-,18-,19-/m1/s1. The zero-order valence-corrected chi connectivity index (χ0v) is 17.3. The van der Waals surface area contributed by atoms with E-state index < -0.39 is 5.79 Å². The van der Waals surface area contributed by atoms with Crippen LogP contribution in [0.25, 0.3) is 0 Å². The lowest BCUT2D eigenvalue weighted by atomic mass is 10.0. The number of cyclic esters (lactones) is 1. The number of esters is 1. The minimum atomic E-state index is -0.626. The van der Waals surface area contributed by atoms with Crippen LogP contribution in [0.3, 0.4) is 0 Å². The highest BCUT2D eigenvalue weighted by Gasteiger charge is 2.39. The van der Waals surface area contributed by atoms with Gasteiger partial charge in [0, 0.05) is 13.2 Å². The van der Waals surface area contributed by atoms with Crippen molar-refractivity contribution in [3.05, 3.63) is 12.2 Å². The van der Waals surface area contributed by atoms with Crippen molar-refractivity contribution in [2.24, 2.45) is 0 Å². The second kappa shape index (κ2) is 11.1. The maximum absolute atomic E-state index is 12.3. The Morgan fingerprint density at radius 1 is 1.07 bits per heavy atom. The molecule has 0 aliphatic carbocycles. The number of hydrogen-bond acceptors (Lipinski definition) is 6. The van der Waals surface area contributed by atoms with Crippen molar-refractivity contribution >= 4 is 5.97 Å². The molecule has 0 bridgehead atoms. The summed E-state index contributed by atoms with van der Waals surface area (Å²) >= 11 is 0. The van der Waals surface area contributed by atoms with E-state index in [1.807, 2.05) is 20.8 Å². The lowest BCUT2D eigenvalue weighted by molar-refractivity contribution is -0.159. The summed E-state index contributed by atoms with van der Waals surface area (Å²) in [5.41, 5.74) is 0. The number of carbonyl (C=O) groups is 1. The summed E-state index contributed by atoms with van der Waals surface area (Å²) in [5.74, 6) is -1.01. The first-order valence-electron chi connectivity index (χ1n) is 10.3. The van der Waals surface area contributed by atoms with E-state index in [1.165, 1.54) is 25.3 Å². The molecule has 0 aromatic heterocycles. The summed E-state index contributed by atoms with van der Waals surface area (Å²) < 4.78 is 28.3. The fourth-order valence-electron chi connectivity index (χ4n) is 3.73. The third-order valence-corrected chi connectivity index (χ3v) is 5.10. The summed E-state index contributed by atoms with van der Waals surface area (Å²) in [7, 11) is 1.59. The molecule has 27 heavy (non-hydrogen) atoms. The Morgan fingerprint density at radius 2 is 1.74 bits per heavy atom. The minimum Gasteiger partial charge on any atom is -0.457 e. The molecule has 1 fully saturated rings. The van der Waals surface area contributed by atoms with Crippen molar-refractivity contribution in [3.8, 4) is 0 Å². The van der Waals surface area contributed by atoms with Crippen LogP contribution in [0.2, 0.25) is 0 Å². The van der Waals surface area contributed by atoms with Crippen molar-refractivity contribution in [1.82, 2.24) is 0 Å². The molecule has 1 saturated heterocycles. The van der Waals surface area contributed by atoms with Crippen LogP contribution in [0.15, 0.2) is 12.2 Å². The predicted molar refractivity (Wildman–Crippen MR) is 102 cm³/mol. The molecule has 1 unspecified atom stereocenters. The molecule has 0 amide bonds. The number of methoxy groups -OCH3 is 1. The number of rotatable bonds is 3. The van der Waals surface area contributed by atoms with Crippen molar-refractivity contribution in [2.45, 2.75) is 102 Å². The van der Waals surface area contributed by atoms with Gasteiger partial charge in [0.05, 0.1) is 12.2 Å². The van der Waals surface area contributed by atoms with E-state index in [0.29, 0.717) is 0 Å². The topological polar surface area (TPSA) is 63.2 Å². The normalized spacial score (nSPS) is 34.6. The van der Waals surface area contributed by atoms with Crippen LogP contribution in [-0.2, 0) is 28.5 Å². The SMILES string of the molecule is COCO[C@@H]1CCCCCCCC[C@H]2OC(C)(C)O[C@@H]2/C=C/C(=O)OC1C. The zero-order chi connectivity index (χ0) is 19.7. The van der Waals surface area contributed by atoms with Gasteiger partial charge >= 0.3 is 5.97 Å². The number of ether oxygens (including phenoxy) is 5. The van der Waals surface area contributed by atoms with E-state index in [2.05, 4.69) is 0 Å². The first-order chi connectivity index (χ1) is 12.9. The van der Waals surface area contributed by atoms with E-state index in [1.54, 1.807) is 13.2 Å². The Morgan fingerprint density at radius 3 is 2.44 bits per heavy atom. The Kier molecular flexibility index (Phi) is 9.22. The van der Waals surface area contributed by atoms with Gasteiger partial charge in [0.15, 0.2) is 5.79 Å². The Bertz CT molecular complexity index is 475. The van der Waals surface area contributed by atoms with Crippen LogP contribution in [0, 0.1) is 0 Å². The van der Waals surface area contributed by atoms with Crippen LogP contribution in [-0.4, -0.2) is 50.1 Å². The fourth-order valence-corrected chi connectivity index (χ4v) is 3.73. The quantitative estimate of drug-likeness (QED) is 0.539. The molecule has 0 aromatic rings. The Balaban J connectivity index is 2.02. The summed E-state index contributed by atoms with van der Waals surface area (Å²) in [6.07, 6.45) is 11.2. The summed E-state index contributed by atoms with van der Waals surface area (Å²) in [6, 6.07) is 0. The summed E-state index contributed by atoms with van der Waals surface area (Å²) in [6.45, 7) is 5.89.